The number of hydrogen-bond donors (Lipinski definition) is 3. The predicted octanol–water partition coefficient (Wildman–Crippen LogP) is 6.06. The van der Waals surface area contributed by atoms with Crippen LogP contribution in [-0.4, -0.2) is 42.2 Å². The lowest BCUT2D eigenvalue weighted by molar-refractivity contribution is 0.411. The van der Waals surface area contributed by atoms with Gasteiger partial charge in [0.1, 0.15) is 22.6 Å². The van der Waals surface area contributed by atoms with Crippen LogP contribution in [0.2, 0.25) is 0 Å². The predicted molar refractivity (Wildman–Crippen MR) is 159 cm³/mol. The minimum Gasteiger partial charge on any atom is -0.497 e. The van der Waals surface area contributed by atoms with Gasteiger partial charge in [-0.1, -0.05) is 30.3 Å². The maximum atomic E-state index is 14.3. The third kappa shape index (κ3) is 4.95. The van der Waals surface area contributed by atoms with Crippen molar-refractivity contribution in [2.45, 2.75) is 13.1 Å². The summed E-state index contributed by atoms with van der Waals surface area (Å²) in [6.07, 6.45) is 5.32. The van der Waals surface area contributed by atoms with E-state index in [1.54, 1.807) is 18.5 Å². The summed E-state index contributed by atoms with van der Waals surface area (Å²) < 4.78 is 19.5. The molecule has 0 aliphatic carbocycles. The summed E-state index contributed by atoms with van der Waals surface area (Å²) in [7, 11) is 1.50. The molecule has 2 aromatic carbocycles. The molecule has 0 radical (unpaired) electrons. The topological polar surface area (TPSA) is 117 Å². The van der Waals surface area contributed by atoms with Crippen molar-refractivity contribution in [3.05, 3.63) is 108 Å². The minimum atomic E-state index is -0.417. The highest BCUT2D eigenvalue weighted by molar-refractivity contribution is 5.95. The van der Waals surface area contributed by atoms with Gasteiger partial charge in [0.2, 0.25) is 0 Å². The number of aromatic amines is 2. The van der Waals surface area contributed by atoms with Crippen molar-refractivity contribution in [2.24, 2.45) is 0 Å². The number of nitrogens with one attached hydrogen (secondary N) is 3. The van der Waals surface area contributed by atoms with Crippen LogP contribution in [0.3, 0.4) is 0 Å². The summed E-state index contributed by atoms with van der Waals surface area (Å²) in [6.45, 7) is 1.45. The van der Waals surface area contributed by atoms with Gasteiger partial charge in [-0.2, -0.15) is 5.10 Å². The van der Waals surface area contributed by atoms with Crippen molar-refractivity contribution in [3.8, 4) is 39.8 Å². The molecule has 5 heterocycles. The van der Waals surface area contributed by atoms with Crippen molar-refractivity contribution < 1.29 is 9.13 Å². The molecule has 0 bridgehead atoms. The molecule has 0 fully saturated rings. The fourth-order valence-electron chi connectivity index (χ4n) is 4.97. The summed E-state index contributed by atoms with van der Waals surface area (Å²) in [5, 5.41) is 11.0. The van der Waals surface area contributed by atoms with Gasteiger partial charge in [-0.25, -0.2) is 14.4 Å². The number of rotatable bonds is 8. The molecular weight excluding hydrogens is 531 g/mol. The molecule has 0 saturated heterocycles. The number of nitrogens with zero attached hydrogens (tertiary/aromatic N) is 5. The molecule has 0 unspecified atom stereocenters. The van der Waals surface area contributed by atoms with Crippen LogP contribution in [0.1, 0.15) is 11.1 Å². The Kier molecular flexibility index (Phi) is 6.57. The van der Waals surface area contributed by atoms with E-state index in [9.17, 15) is 4.39 Å². The summed E-state index contributed by atoms with van der Waals surface area (Å²) in [5.74, 6) is 0.509. The summed E-state index contributed by atoms with van der Waals surface area (Å²) in [5.41, 5.74) is 8.40. The molecule has 0 atom stereocenters. The number of benzene rings is 2. The van der Waals surface area contributed by atoms with E-state index in [-0.39, 0.29) is 0 Å². The van der Waals surface area contributed by atoms with E-state index in [2.05, 4.69) is 48.7 Å². The second kappa shape index (κ2) is 10.8. The van der Waals surface area contributed by atoms with Gasteiger partial charge in [0.15, 0.2) is 11.5 Å². The zero-order chi connectivity index (χ0) is 28.5. The van der Waals surface area contributed by atoms with Gasteiger partial charge < -0.3 is 15.0 Å². The number of methoxy groups -OCH3 is 1. The standard InChI is InChI=1S/C32H25FN8O/c1-42-24-13-21(12-23(33)14-24)28-29-26(9-10-36-28)38-32(39-29)31-30-27(40-41-31)8-7-25(37-30)22-11-20(17-35-18-22)16-34-15-19-5-3-2-4-6-19/h2-14,17-18,34H,15-16H2,1H3,(H,38,39)(H,40,41). The molecule has 3 N–H and O–H groups in total. The van der Waals surface area contributed by atoms with Crippen LogP contribution in [0, 0.1) is 5.82 Å². The molecule has 10 heteroatoms. The van der Waals surface area contributed by atoms with E-state index in [1.165, 1.54) is 24.8 Å². The second-order valence-electron chi connectivity index (χ2n) is 9.86. The average molecular weight is 557 g/mol. The first-order valence-corrected chi connectivity index (χ1v) is 13.4. The Labute approximate surface area is 239 Å². The molecule has 0 amide bonds. The first-order chi connectivity index (χ1) is 20.6. The molecule has 42 heavy (non-hydrogen) atoms. The first kappa shape index (κ1) is 25.5. The van der Waals surface area contributed by atoms with Crippen molar-refractivity contribution in [3.63, 3.8) is 0 Å². The number of ether oxygens (including phenoxy) is 1. The van der Waals surface area contributed by atoms with Crippen LogP contribution in [0.15, 0.2) is 91.4 Å². The Hall–Kier alpha value is -5.48. The highest BCUT2D eigenvalue weighted by Gasteiger charge is 2.18. The van der Waals surface area contributed by atoms with Gasteiger partial charge in [-0.3, -0.25) is 15.1 Å². The fraction of sp³-hybridized carbons (Fsp3) is 0.0938. The molecule has 7 aromatic rings. The highest BCUT2D eigenvalue weighted by atomic mass is 19.1. The maximum Gasteiger partial charge on any atom is 0.161 e. The third-order valence-corrected chi connectivity index (χ3v) is 7.01. The molecule has 9 nitrogen and oxygen atoms in total. The number of H-pyrrole nitrogens is 2. The number of fused-ring (bicyclic) bond motifs is 2. The number of pyridine rings is 3. The van der Waals surface area contributed by atoms with E-state index in [0.29, 0.717) is 46.1 Å². The van der Waals surface area contributed by atoms with Crippen molar-refractivity contribution >= 4 is 22.1 Å². The number of imidazole rings is 1. The van der Waals surface area contributed by atoms with Crippen LogP contribution >= 0.6 is 0 Å². The van der Waals surface area contributed by atoms with Gasteiger partial charge in [0.05, 0.1) is 29.5 Å². The van der Waals surface area contributed by atoms with Crippen LogP contribution < -0.4 is 10.1 Å². The second-order valence-corrected chi connectivity index (χ2v) is 9.86. The minimum absolute atomic E-state index is 0.403. The van der Waals surface area contributed by atoms with Crippen LogP contribution in [0.5, 0.6) is 5.75 Å². The lowest BCUT2D eigenvalue weighted by Gasteiger charge is -2.07. The number of hydrogen-bond acceptors (Lipinski definition) is 7. The van der Waals surface area contributed by atoms with Crippen LogP contribution in [-0.2, 0) is 13.1 Å². The van der Waals surface area contributed by atoms with Gasteiger partial charge in [-0.15, -0.1) is 0 Å². The van der Waals surface area contributed by atoms with E-state index in [4.69, 9.17) is 14.7 Å². The lowest BCUT2D eigenvalue weighted by atomic mass is 10.1. The van der Waals surface area contributed by atoms with Crippen LogP contribution in [0.25, 0.3) is 56.1 Å². The van der Waals surface area contributed by atoms with Crippen molar-refractivity contribution in [2.75, 3.05) is 7.11 Å². The van der Waals surface area contributed by atoms with E-state index < -0.39 is 5.82 Å². The fourth-order valence-corrected chi connectivity index (χ4v) is 4.97. The molecule has 5 aromatic heterocycles. The Morgan fingerprint density at radius 3 is 2.55 bits per heavy atom. The largest absolute Gasteiger partial charge is 0.497 e. The molecule has 206 valence electrons. The summed E-state index contributed by atoms with van der Waals surface area (Å²) >= 11 is 0. The van der Waals surface area contributed by atoms with Crippen molar-refractivity contribution in [1.82, 2.24) is 40.4 Å². The molecular formula is C32H25FN8O. The van der Waals surface area contributed by atoms with Gasteiger partial charge in [0.25, 0.3) is 0 Å². The smallest absolute Gasteiger partial charge is 0.161 e. The quantitative estimate of drug-likeness (QED) is 0.208. The molecule has 0 aliphatic rings. The van der Waals surface area contributed by atoms with Crippen molar-refractivity contribution in [1.29, 1.82) is 0 Å². The molecule has 0 aliphatic heterocycles. The molecule has 7 rings (SSSR count). The monoisotopic (exact) mass is 556 g/mol. The van der Waals surface area contributed by atoms with Gasteiger partial charge in [-0.05, 0) is 47.5 Å². The normalized spacial score (nSPS) is 11.4. The van der Waals surface area contributed by atoms with Crippen LogP contribution in [0.4, 0.5) is 4.39 Å². The zero-order valence-electron chi connectivity index (χ0n) is 22.6. The summed E-state index contributed by atoms with van der Waals surface area (Å²) in [4.78, 5) is 22.0. The molecule has 0 spiro atoms. The Morgan fingerprint density at radius 1 is 0.810 bits per heavy atom. The molecule has 0 saturated carbocycles. The van der Waals surface area contributed by atoms with E-state index in [0.717, 1.165) is 34.4 Å². The Balaban J connectivity index is 1.21. The maximum absolute atomic E-state index is 14.3. The number of halogens is 1. The first-order valence-electron chi connectivity index (χ1n) is 13.4. The number of aromatic nitrogens is 7. The summed E-state index contributed by atoms with van der Waals surface area (Å²) in [6, 6.07) is 22.6. The van der Waals surface area contributed by atoms with Gasteiger partial charge >= 0.3 is 0 Å². The Bertz CT molecular complexity index is 2040. The van der Waals surface area contributed by atoms with E-state index in [1.807, 2.05) is 42.6 Å². The van der Waals surface area contributed by atoms with E-state index >= 15 is 0 Å². The zero-order valence-corrected chi connectivity index (χ0v) is 22.6. The lowest BCUT2D eigenvalue weighted by Crippen LogP contribution is -2.12. The van der Waals surface area contributed by atoms with Gasteiger partial charge in [0, 0.05) is 48.9 Å². The highest BCUT2D eigenvalue weighted by Crippen LogP contribution is 2.32. The third-order valence-electron chi connectivity index (χ3n) is 7.01. The Morgan fingerprint density at radius 2 is 1.67 bits per heavy atom. The average Bonchev–Trinajstić information content (AvgIpc) is 3.65. The SMILES string of the molecule is COc1cc(F)cc(-c2nccc3[nH]c(-c4n[nH]c5ccc(-c6cncc(CNCc7ccccc7)c6)nc45)nc23)c1.